The molecule has 57 heavy (non-hydrogen) atoms. The topological polar surface area (TPSA) is 56.7 Å². The molecule has 6 heteroatoms. The average molecular weight is 747 g/mol. The summed E-state index contributed by atoms with van der Waals surface area (Å²) in [5.41, 5.74) is 10.0. The van der Waals surface area contributed by atoms with E-state index in [4.69, 9.17) is 19.4 Å². The van der Waals surface area contributed by atoms with Gasteiger partial charge >= 0.3 is 0 Å². The molecule has 8 aromatic carbocycles. The van der Waals surface area contributed by atoms with Crippen LogP contribution >= 0.6 is 11.3 Å². The van der Waals surface area contributed by atoms with Crippen LogP contribution in [0, 0.1) is 0 Å². The lowest BCUT2D eigenvalue weighted by molar-refractivity contribution is 0.669. The van der Waals surface area contributed by atoms with Gasteiger partial charge in [0.15, 0.2) is 17.5 Å². The summed E-state index contributed by atoms with van der Waals surface area (Å²) in [4.78, 5) is 15.6. The zero-order valence-electron chi connectivity index (χ0n) is 30.4. The van der Waals surface area contributed by atoms with E-state index in [2.05, 4.69) is 168 Å². The van der Waals surface area contributed by atoms with Gasteiger partial charge in [0.25, 0.3) is 0 Å². The highest BCUT2D eigenvalue weighted by Gasteiger charge is 2.21. The molecule has 0 spiro atoms. The summed E-state index contributed by atoms with van der Waals surface area (Å²) < 4.78 is 11.5. The Balaban J connectivity index is 1.08. The molecule has 0 saturated carbocycles. The Morgan fingerprint density at radius 1 is 0.386 bits per heavy atom. The van der Waals surface area contributed by atoms with Crippen LogP contribution in [-0.4, -0.2) is 19.5 Å². The molecule has 0 unspecified atom stereocenters. The predicted molar refractivity (Wildman–Crippen MR) is 236 cm³/mol. The second-order valence-corrected chi connectivity index (χ2v) is 15.5. The summed E-state index contributed by atoms with van der Waals surface area (Å²) in [7, 11) is 0. The van der Waals surface area contributed by atoms with Crippen molar-refractivity contribution in [3.05, 3.63) is 182 Å². The summed E-state index contributed by atoms with van der Waals surface area (Å²) in [5.74, 6) is 1.84. The lowest BCUT2D eigenvalue weighted by Crippen LogP contribution is -2.00. The van der Waals surface area contributed by atoms with Crippen LogP contribution in [0.15, 0.2) is 186 Å². The molecule has 0 atom stereocenters. The van der Waals surface area contributed by atoms with Crippen molar-refractivity contribution in [3.63, 3.8) is 0 Å². The van der Waals surface area contributed by atoms with Crippen molar-refractivity contribution >= 4 is 75.3 Å². The van der Waals surface area contributed by atoms with E-state index in [1.54, 1.807) is 11.3 Å². The molecule has 4 aromatic heterocycles. The van der Waals surface area contributed by atoms with Gasteiger partial charge in [-0.05, 0) is 53.6 Å². The van der Waals surface area contributed by atoms with Gasteiger partial charge in [-0.2, -0.15) is 0 Å². The van der Waals surface area contributed by atoms with E-state index in [0.29, 0.717) is 17.5 Å². The number of furan rings is 1. The maximum Gasteiger partial charge on any atom is 0.164 e. The van der Waals surface area contributed by atoms with Gasteiger partial charge in [-0.15, -0.1) is 11.3 Å². The zero-order valence-corrected chi connectivity index (χ0v) is 31.2. The summed E-state index contributed by atoms with van der Waals surface area (Å²) in [5, 5.41) is 6.84. The van der Waals surface area contributed by atoms with Crippen molar-refractivity contribution in [1.82, 2.24) is 19.5 Å². The van der Waals surface area contributed by atoms with Gasteiger partial charge in [0.1, 0.15) is 11.2 Å². The normalized spacial score (nSPS) is 11.9. The lowest BCUT2D eigenvalue weighted by Gasteiger charge is -2.10. The monoisotopic (exact) mass is 746 g/mol. The van der Waals surface area contributed by atoms with Crippen LogP contribution in [0.25, 0.3) is 115 Å². The summed E-state index contributed by atoms with van der Waals surface area (Å²) in [6.07, 6.45) is 0. The van der Waals surface area contributed by atoms with Crippen LogP contribution in [0.1, 0.15) is 0 Å². The number of benzene rings is 8. The third-order valence-corrected chi connectivity index (χ3v) is 12.2. The molecule has 12 rings (SSSR count). The molecule has 0 fully saturated rings. The highest BCUT2D eigenvalue weighted by Crippen LogP contribution is 2.42. The quantitative estimate of drug-likeness (QED) is 0.176. The van der Waals surface area contributed by atoms with Crippen LogP contribution in [0.5, 0.6) is 0 Å². The van der Waals surface area contributed by atoms with E-state index in [9.17, 15) is 0 Å². The molecular formula is C51H30N4OS. The van der Waals surface area contributed by atoms with E-state index >= 15 is 0 Å². The molecule has 266 valence electrons. The van der Waals surface area contributed by atoms with Gasteiger partial charge in [-0.25, -0.2) is 15.0 Å². The van der Waals surface area contributed by atoms with Gasteiger partial charge in [0.05, 0.1) is 11.0 Å². The third kappa shape index (κ3) is 5.12. The number of fused-ring (bicyclic) bond motifs is 9. The van der Waals surface area contributed by atoms with E-state index in [1.165, 1.54) is 25.6 Å². The Kier molecular flexibility index (Phi) is 7.03. The second kappa shape index (κ2) is 12.6. The van der Waals surface area contributed by atoms with Crippen LogP contribution < -0.4 is 0 Å². The van der Waals surface area contributed by atoms with E-state index < -0.39 is 0 Å². The lowest BCUT2D eigenvalue weighted by atomic mass is 10.0. The standard InChI is InChI=1S/C51H30N4OS/c1-3-12-31(13-4-1)32-22-24-33(25-23-32)49-52-50(34-26-27-38-37-17-8-10-21-46(37)57-47(38)28-34)54-51(53-49)39-18-11-20-44-48(39)41-29-40-36-16-7-9-19-42(36)55(35-14-5-2-6-15-35)43(40)30-45(41)56-44/h1-30H. The minimum atomic E-state index is 0.596. The molecule has 0 radical (unpaired) electrons. The number of thiophene rings is 1. The molecule has 0 bridgehead atoms. The van der Waals surface area contributed by atoms with Crippen molar-refractivity contribution in [2.45, 2.75) is 0 Å². The third-order valence-electron chi connectivity index (χ3n) is 11.1. The van der Waals surface area contributed by atoms with Crippen LogP contribution in [0.4, 0.5) is 0 Å². The van der Waals surface area contributed by atoms with Gasteiger partial charge < -0.3 is 8.98 Å². The Morgan fingerprint density at radius 2 is 1.04 bits per heavy atom. The Morgan fingerprint density at radius 3 is 1.88 bits per heavy atom. The minimum Gasteiger partial charge on any atom is -0.456 e. The fourth-order valence-corrected chi connectivity index (χ4v) is 9.54. The molecule has 0 aliphatic carbocycles. The number of rotatable bonds is 5. The molecular weight excluding hydrogens is 717 g/mol. The van der Waals surface area contributed by atoms with E-state index in [1.807, 2.05) is 18.2 Å². The van der Waals surface area contributed by atoms with E-state index in [0.717, 1.165) is 71.9 Å². The van der Waals surface area contributed by atoms with Crippen molar-refractivity contribution in [2.24, 2.45) is 0 Å². The SMILES string of the molecule is c1ccc(-c2ccc(-c3nc(-c4ccc5c(c4)sc4ccccc45)nc(-c4cccc5oc6cc7c(cc6c45)c4ccccc4n7-c4ccccc4)n3)cc2)cc1. The Labute approximate surface area is 330 Å². The first-order chi connectivity index (χ1) is 28.2. The van der Waals surface area contributed by atoms with Crippen molar-refractivity contribution in [1.29, 1.82) is 0 Å². The van der Waals surface area contributed by atoms with E-state index in [-0.39, 0.29) is 0 Å². The summed E-state index contributed by atoms with van der Waals surface area (Å²) in [6.45, 7) is 0. The predicted octanol–water partition coefficient (Wildman–Crippen LogP) is 13.9. The number of aromatic nitrogens is 4. The fraction of sp³-hybridized carbons (Fsp3) is 0. The van der Waals surface area contributed by atoms with Crippen molar-refractivity contribution in [2.75, 3.05) is 0 Å². The maximum atomic E-state index is 6.69. The molecule has 5 nitrogen and oxygen atoms in total. The minimum absolute atomic E-state index is 0.596. The average Bonchev–Trinajstić information content (AvgIpc) is 3.95. The summed E-state index contributed by atoms with van der Waals surface area (Å²) >= 11 is 1.79. The van der Waals surface area contributed by atoms with Crippen molar-refractivity contribution < 1.29 is 4.42 Å². The molecule has 12 aromatic rings. The van der Waals surface area contributed by atoms with Gasteiger partial charge in [-0.1, -0.05) is 133 Å². The largest absolute Gasteiger partial charge is 0.456 e. The fourth-order valence-electron chi connectivity index (χ4n) is 8.39. The van der Waals surface area contributed by atoms with Crippen LogP contribution in [-0.2, 0) is 0 Å². The Bertz CT molecular complexity index is 3510. The van der Waals surface area contributed by atoms with Gasteiger partial charge in [0, 0.05) is 70.2 Å². The number of para-hydroxylation sites is 2. The maximum absolute atomic E-state index is 6.69. The first kappa shape index (κ1) is 31.9. The highest BCUT2D eigenvalue weighted by molar-refractivity contribution is 7.25. The molecule has 0 amide bonds. The van der Waals surface area contributed by atoms with Crippen molar-refractivity contribution in [3.8, 4) is 51.0 Å². The molecule has 0 aliphatic heterocycles. The molecule has 0 N–H and O–H groups in total. The first-order valence-corrected chi connectivity index (χ1v) is 19.8. The number of nitrogens with zero attached hydrogens (tertiary/aromatic N) is 4. The zero-order chi connectivity index (χ0) is 37.5. The molecule has 4 heterocycles. The van der Waals surface area contributed by atoms with Crippen LogP contribution in [0.2, 0.25) is 0 Å². The second-order valence-electron chi connectivity index (χ2n) is 14.4. The molecule has 0 aliphatic rings. The molecule has 0 saturated heterocycles. The first-order valence-electron chi connectivity index (χ1n) is 19.0. The highest BCUT2D eigenvalue weighted by atomic mass is 32.1. The Hall–Kier alpha value is -7.41. The van der Waals surface area contributed by atoms with Crippen LogP contribution in [0.3, 0.4) is 0 Å². The number of hydrogen-bond acceptors (Lipinski definition) is 5. The number of hydrogen-bond donors (Lipinski definition) is 0. The van der Waals surface area contributed by atoms with Gasteiger partial charge in [-0.3, -0.25) is 0 Å². The summed E-state index contributed by atoms with van der Waals surface area (Å²) in [6, 6.07) is 63.7. The van der Waals surface area contributed by atoms with Gasteiger partial charge in [0.2, 0.25) is 0 Å². The smallest absolute Gasteiger partial charge is 0.164 e.